The summed E-state index contributed by atoms with van der Waals surface area (Å²) >= 11 is 5.99. The van der Waals surface area contributed by atoms with Crippen molar-refractivity contribution in [1.29, 1.82) is 0 Å². The van der Waals surface area contributed by atoms with Crippen molar-refractivity contribution in [1.82, 2.24) is 5.32 Å². The molecule has 0 unspecified atom stereocenters. The largest absolute Gasteiger partial charge is 0.465 e. The Hall–Kier alpha value is -2.67. The lowest BCUT2D eigenvalue weighted by atomic mass is 10.0. The van der Waals surface area contributed by atoms with Crippen LogP contribution in [0.5, 0.6) is 0 Å². The van der Waals surface area contributed by atoms with Gasteiger partial charge in [0.15, 0.2) is 0 Å². The number of nitrogens with one attached hydrogen (secondary N) is 1. The Morgan fingerprint density at radius 3 is 2.73 bits per heavy atom. The van der Waals surface area contributed by atoms with Gasteiger partial charge in [0.2, 0.25) is 0 Å². The summed E-state index contributed by atoms with van der Waals surface area (Å²) in [6.45, 7) is 1.56. The summed E-state index contributed by atoms with van der Waals surface area (Å²) in [5.74, 6) is -1.18. The lowest BCUT2D eigenvalue weighted by molar-refractivity contribution is -0.384. The minimum Gasteiger partial charge on any atom is -0.465 e. The monoisotopic (exact) mass is 322 g/mol. The average molecular weight is 323 g/mol. The molecule has 0 saturated heterocycles. The molecule has 0 spiro atoms. The van der Waals surface area contributed by atoms with Crippen LogP contribution in [0.1, 0.15) is 12.5 Å². The van der Waals surface area contributed by atoms with Gasteiger partial charge in [-0.05, 0) is 19.1 Å². The molecule has 8 heteroatoms. The van der Waals surface area contributed by atoms with E-state index in [2.05, 4.69) is 10.1 Å². The predicted molar refractivity (Wildman–Crippen MR) is 78.9 cm³/mol. The van der Waals surface area contributed by atoms with Gasteiger partial charge in [0, 0.05) is 28.4 Å². The highest BCUT2D eigenvalue weighted by atomic mass is 35.5. The number of amides is 1. The SMILES string of the molecule is COC(=O)C1=C(C)NC(=O)/C1=C\c1cc([N+](=O)[O-])ccc1Cl. The molecule has 1 heterocycles. The van der Waals surface area contributed by atoms with E-state index in [1.165, 1.54) is 31.4 Å². The van der Waals surface area contributed by atoms with Crippen LogP contribution >= 0.6 is 11.6 Å². The van der Waals surface area contributed by atoms with Gasteiger partial charge in [0.25, 0.3) is 11.6 Å². The number of non-ortho nitro benzene ring substituents is 1. The molecular weight excluding hydrogens is 312 g/mol. The number of halogens is 1. The van der Waals surface area contributed by atoms with Gasteiger partial charge in [0.05, 0.1) is 23.2 Å². The van der Waals surface area contributed by atoms with E-state index in [0.717, 1.165) is 0 Å². The normalized spacial score (nSPS) is 16.0. The molecule has 1 aromatic carbocycles. The number of allylic oxidation sites excluding steroid dienone is 1. The third kappa shape index (κ3) is 2.84. The lowest BCUT2D eigenvalue weighted by Gasteiger charge is -2.04. The van der Waals surface area contributed by atoms with Gasteiger partial charge in [-0.3, -0.25) is 14.9 Å². The van der Waals surface area contributed by atoms with Gasteiger partial charge < -0.3 is 10.1 Å². The molecule has 0 aliphatic carbocycles. The molecule has 0 fully saturated rings. The second-order valence-electron chi connectivity index (χ2n) is 4.47. The Morgan fingerprint density at radius 1 is 1.45 bits per heavy atom. The maximum atomic E-state index is 11.9. The van der Waals surface area contributed by atoms with Crippen molar-refractivity contribution >= 4 is 35.2 Å². The van der Waals surface area contributed by atoms with E-state index in [1.807, 2.05) is 0 Å². The number of carbonyl (C=O) groups excluding carboxylic acids is 2. The summed E-state index contributed by atoms with van der Waals surface area (Å²) in [6, 6.07) is 3.83. The summed E-state index contributed by atoms with van der Waals surface area (Å²) in [5.41, 5.74) is 0.568. The molecule has 0 saturated carbocycles. The number of ether oxygens (including phenoxy) is 1. The number of rotatable bonds is 3. The maximum Gasteiger partial charge on any atom is 0.340 e. The molecular formula is C14H11ClN2O5. The van der Waals surface area contributed by atoms with Crippen LogP contribution in [0, 0.1) is 10.1 Å². The first-order valence-electron chi connectivity index (χ1n) is 6.11. The summed E-state index contributed by atoms with van der Waals surface area (Å²) in [6.07, 6.45) is 1.33. The number of carbonyl (C=O) groups is 2. The highest BCUT2D eigenvalue weighted by molar-refractivity contribution is 6.32. The molecule has 1 aromatic rings. The Labute approximate surface area is 130 Å². The topological polar surface area (TPSA) is 98.5 Å². The molecule has 1 aliphatic heterocycles. The van der Waals surface area contributed by atoms with E-state index in [-0.39, 0.29) is 27.4 Å². The molecule has 0 radical (unpaired) electrons. The smallest absolute Gasteiger partial charge is 0.340 e. The van der Waals surface area contributed by atoms with E-state index < -0.39 is 16.8 Å². The van der Waals surface area contributed by atoms with Crippen LogP contribution in [0.25, 0.3) is 6.08 Å². The number of nitro benzene ring substituents is 1. The summed E-state index contributed by atoms with van der Waals surface area (Å²) < 4.78 is 4.64. The molecule has 22 heavy (non-hydrogen) atoms. The maximum absolute atomic E-state index is 11.9. The van der Waals surface area contributed by atoms with Gasteiger partial charge in [0.1, 0.15) is 0 Å². The third-order valence-electron chi connectivity index (χ3n) is 3.07. The molecule has 0 bridgehead atoms. The standard InChI is InChI=1S/C14H11ClN2O5/c1-7-12(14(19)22-2)10(13(18)16-7)6-8-5-9(17(20)21)3-4-11(8)15/h3-6H,1-2H3,(H,16,18)/b10-6-. The molecule has 1 aliphatic rings. The fraction of sp³-hybridized carbons (Fsp3) is 0.143. The molecule has 0 aromatic heterocycles. The van der Waals surface area contributed by atoms with Crippen LogP contribution in [0.4, 0.5) is 5.69 Å². The fourth-order valence-corrected chi connectivity index (χ4v) is 2.20. The van der Waals surface area contributed by atoms with Crippen LogP contribution in [-0.2, 0) is 14.3 Å². The van der Waals surface area contributed by atoms with Crippen LogP contribution in [-0.4, -0.2) is 23.9 Å². The first-order chi connectivity index (χ1) is 10.3. The number of benzene rings is 1. The van der Waals surface area contributed by atoms with Crippen LogP contribution < -0.4 is 5.32 Å². The zero-order valence-corrected chi connectivity index (χ0v) is 12.4. The van der Waals surface area contributed by atoms with Crippen molar-refractivity contribution in [2.45, 2.75) is 6.92 Å². The quantitative estimate of drug-likeness (QED) is 0.398. The van der Waals surface area contributed by atoms with E-state index in [9.17, 15) is 19.7 Å². The van der Waals surface area contributed by atoms with Crippen LogP contribution in [0.3, 0.4) is 0 Å². The van der Waals surface area contributed by atoms with E-state index in [1.54, 1.807) is 6.92 Å². The van der Waals surface area contributed by atoms with Crippen molar-refractivity contribution in [2.24, 2.45) is 0 Å². The second kappa shape index (κ2) is 5.98. The Bertz CT molecular complexity index is 752. The van der Waals surface area contributed by atoms with E-state index >= 15 is 0 Å². The number of nitrogens with zero attached hydrogens (tertiary/aromatic N) is 1. The van der Waals surface area contributed by atoms with Crippen molar-refractivity contribution in [3.8, 4) is 0 Å². The summed E-state index contributed by atoms with van der Waals surface area (Å²) in [5, 5.41) is 13.5. The van der Waals surface area contributed by atoms with Crippen molar-refractivity contribution in [2.75, 3.05) is 7.11 Å². The second-order valence-corrected chi connectivity index (χ2v) is 4.87. The number of esters is 1. The fourth-order valence-electron chi connectivity index (χ4n) is 2.03. The molecule has 7 nitrogen and oxygen atoms in total. The van der Waals surface area contributed by atoms with E-state index in [0.29, 0.717) is 5.70 Å². The zero-order valence-electron chi connectivity index (χ0n) is 11.7. The van der Waals surface area contributed by atoms with Gasteiger partial charge >= 0.3 is 5.97 Å². The molecule has 1 amide bonds. The highest BCUT2D eigenvalue weighted by Gasteiger charge is 2.30. The summed E-state index contributed by atoms with van der Waals surface area (Å²) in [7, 11) is 1.20. The average Bonchev–Trinajstić information content (AvgIpc) is 2.74. The van der Waals surface area contributed by atoms with Crippen LogP contribution in [0.15, 0.2) is 35.0 Å². The zero-order chi connectivity index (χ0) is 16.4. The van der Waals surface area contributed by atoms with Gasteiger partial charge in [-0.1, -0.05) is 11.6 Å². The van der Waals surface area contributed by atoms with E-state index in [4.69, 9.17) is 11.6 Å². The van der Waals surface area contributed by atoms with Crippen LogP contribution in [0.2, 0.25) is 5.02 Å². The van der Waals surface area contributed by atoms with Crippen molar-refractivity contribution in [3.05, 3.63) is 55.7 Å². The predicted octanol–water partition coefficient (Wildman–Crippen LogP) is 2.21. The number of hydrogen-bond donors (Lipinski definition) is 1. The Balaban J connectivity index is 2.56. The minimum atomic E-state index is -0.677. The Morgan fingerprint density at radius 2 is 2.14 bits per heavy atom. The number of methoxy groups -OCH3 is 1. The van der Waals surface area contributed by atoms with Crippen molar-refractivity contribution in [3.63, 3.8) is 0 Å². The molecule has 2 rings (SSSR count). The number of nitro groups is 1. The first-order valence-corrected chi connectivity index (χ1v) is 6.49. The number of hydrogen-bond acceptors (Lipinski definition) is 5. The van der Waals surface area contributed by atoms with Gasteiger partial charge in [-0.15, -0.1) is 0 Å². The molecule has 1 N–H and O–H groups in total. The van der Waals surface area contributed by atoms with Gasteiger partial charge in [-0.25, -0.2) is 4.79 Å². The van der Waals surface area contributed by atoms with Gasteiger partial charge in [-0.2, -0.15) is 0 Å². The third-order valence-corrected chi connectivity index (χ3v) is 3.41. The first kappa shape index (κ1) is 15.7. The minimum absolute atomic E-state index is 0.0479. The summed E-state index contributed by atoms with van der Waals surface area (Å²) in [4.78, 5) is 34.0. The Kier molecular flexibility index (Phi) is 4.27. The molecule has 114 valence electrons. The van der Waals surface area contributed by atoms with Crippen molar-refractivity contribution < 1.29 is 19.2 Å². The lowest BCUT2D eigenvalue weighted by Crippen LogP contribution is -2.15. The highest BCUT2D eigenvalue weighted by Crippen LogP contribution is 2.29. The molecule has 0 atom stereocenters.